The number of aliphatic hydroxyl groups excluding tert-OH is 1. The third kappa shape index (κ3) is 2.76. The van der Waals surface area contributed by atoms with Crippen LogP contribution < -0.4 is 0 Å². The predicted molar refractivity (Wildman–Crippen MR) is 62.3 cm³/mol. The molecule has 1 atom stereocenters. The lowest BCUT2D eigenvalue weighted by atomic mass is 10.3. The molecular formula is C10H12FN5O3. The summed E-state index contributed by atoms with van der Waals surface area (Å²) in [7, 11) is 0. The van der Waals surface area contributed by atoms with Crippen molar-refractivity contribution >= 4 is 5.82 Å². The average Bonchev–Trinajstić information content (AvgIpc) is 3.01. The van der Waals surface area contributed by atoms with Crippen LogP contribution in [0.3, 0.4) is 0 Å². The molecule has 102 valence electrons. The molecule has 2 heterocycles. The van der Waals surface area contributed by atoms with E-state index in [0.29, 0.717) is 5.69 Å². The van der Waals surface area contributed by atoms with Gasteiger partial charge in [-0.15, -0.1) is 5.10 Å². The number of alkyl halides is 1. The van der Waals surface area contributed by atoms with Crippen LogP contribution in [-0.4, -0.2) is 42.9 Å². The molecule has 9 heteroatoms. The largest absolute Gasteiger partial charge is 0.394 e. The maximum Gasteiger partial charge on any atom is 0.323 e. The van der Waals surface area contributed by atoms with Crippen LogP contribution in [0, 0.1) is 10.1 Å². The van der Waals surface area contributed by atoms with Crippen LogP contribution >= 0.6 is 0 Å². The van der Waals surface area contributed by atoms with Gasteiger partial charge >= 0.3 is 5.82 Å². The molecule has 2 aromatic rings. The highest BCUT2D eigenvalue weighted by atomic mass is 19.1. The van der Waals surface area contributed by atoms with Gasteiger partial charge in [-0.25, -0.2) is 13.6 Å². The quantitative estimate of drug-likeness (QED) is 0.609. The number of halogens is 1. The smallest absolute Gasteiger partial charge is 0.323 e. The highest BCUT2D eigenvalue weighted by molar-refractivity contribution is 5.22. The normalized spacial score (nSPS) is 12.5. The highest BCUT2D eigenvalue weighted by Gasteiger charge is 2.16. The topological polar surface area (TPSA) is 99.0 Å². The number of aliphatic hydroxyl groups is 1. The Balaban J connectivity index is 2.16. The fraction of sp³-hybridized carbons (Fsp3) is 0.400. The lowest BCUT2D eigenvalue weighted by molar-refractivity contribution is -0.391. The summed E-state index contributed by atoms with van der Waals surface area (Å²) in [5.41, 5.74) is 0.450. The molecule has 1 N–H and O–H groups in total. The van der Waals surface area contributed by atoms with Crippen molar-refractivity contribution in [1.82, 2.24) is 19.6 Å². The second kappa shape index (κ2) is 5.57. The van der Waals surface area contributed by atoms with Gasteiger partial charge in [0.15, 0.2) is 0 Å². The van der Waals surface area contributed by atoms with E-state index in [1.54, 1.807) is 12.3 Å². The van der Waals surface area contributed by atoms with Gasteiger partial charge in [0, 0.05) is 6.07 Å². The van der Waals surface area contributed by atoms with Gasteiger partial charge < -0.3 is 15.2 Å². The Labute approximate surface area is 107 Å². The molecule has 0 aromatic carbocycles. The molecule has 0 spiro atoms. The predicted octanol–water partition coefficient (Wildman–Crippen LogP) is 0.539. The molecule has 0 amide bonds. The third-order valence-corrected chi connectivity index (χ3v) is 2.65. The maximum absolute atomic E-state index is 12.6. The van der Waals surface area contributed by atoms with Gasteiger partial charge in [-0.05, 0) is 11.0 Å². The monoisotopic (exact) mass is 269 g/mol. The Kier molecular flexibility index (Phi) is 3.85. The summed E-state index contributed by atoms with van der Waals surface area (Å²) in [5.74, 6) is -0.0567. The maximum atomic E-state index is 12.6. The summed E-state index contributed by atoms with van der Waals surface area (Å²) >= 11 is 0. The van der Waals surface area contributed by atoms with Gasteiger partial charge in [0.25, 0.3) is 0 Å². The minimum absolute atomic E-state index is 0.0567. The first-order valence-electron chi connectivity index (χ1n) is 5.52. The molecule has 0 aliphatic heterocycles. The molecule has 1 unspecified atom stereocenters. The zero-order chi connectivity index (χ0) is 13.8. The van der Waals surface area contributed by atoms with Crippen molar-refractivity contribution in [2.24, 2.45) is 0 Å². The fourth-order valence-electron chi connectivity index (χ4n) is 1.65. The van der Waals surface area contributed by atoms with Gasteiger partial charge in [0.2, 0.25) is 0 Å². The van der Waals surface area contributed by atoms with E-state index >= 15 is 0 Å². The third-order valence-electron chi connectivity index (χ3n) is 2.65. The lowest BCUT2D eigenvalue weighted by Crippen LogP contribution is -2.15. The zero-order valence-electron chi connectivity index (χ0n) is 9.89. The van der Waals surface area contributed by atoms with Crippen molar-refractivity contribution in [3.05, 3.63) is 40.3 Å². The molecule has 0 aliphatic rings. The Bertz CT molecular complexity index is 563. The minimum Gasteiger partial charge on any atom is -0.394 e. The number of nitro groups is 1. The summed E-state index contributed by atoms with van der Waals surface area (Å²) in [5, 5.41) is 27.2. The molecule has 0 saturated carbocycles. The highest BCUT2D eigenvalue weighted by Crippen LogP contribution is 2.14. The second-order valence-electron chi connectivity index (χ2n) is 3.93. The lowest BCUT2D eigenvalue weighted by Gasteiger charge is -2.07. The standard InChI is InChI=1S/C10H12FN5O3/c11-4-9(7-17)15-6-8(12-13-15)5-14-3-1-2-10(14)16(18)19/h1-3,6,9,17H,4-5,7H2. The first-order chi connectivity index (χ1) is 9.15. The summed E-state index contributed by atoms with van der Waals surface area (Å²) in [6, 6.07) is 2.16. The summed E-state index contributed by atoms with van der Waals surface area (Å²) in [6.07, 6.45) is 3.01. The van der Waals surface area contributed by atoms with Crippen LogP contribution in [0.25, 0.3) is 0 Å². The number of hydrogen-bond donors (Lipinski definition) is 1. The molecule has 19 heavy (non-hydrogen) atoms. The number of rotatable bonds is 6. The summed E-state index contributed by atoms with van der Waals surface area (Å²) < 4.78 is 15.2. The van der Waals surface area contributed by atoms with E-state index in [1.807, 2.05) is 0 Å². The molecule has 0 aliphatic carbocycles. The second-order valence-corrected chi connectivity index (χ2v) is 3.93. The molecule has 0 bridgehead atoms. The van der Waals surface area contributed by atoms with Crippen LogP contribution in [0.2, 0.25) is 0 Å². The van der Waals surface area contributed by atoms with Crippen molar-refractivity contribution in [3.8, 4) is 0 Å². The van der Waals surface area contributed by atoms with Crippen LogP contribution in [0.1, 0.15) is 11.7 Å². The summed E-state index contributed by atoms with van der Waals surface area (Å²) in [6.45, 7) is -0.986. The molecule has 2 aromatic heterocycles. The molecule has 8 nitrogen and oxygen atoms in total. The van der Waals surface area contributed by atoms with Gasteiger partial charge in [0.05, 0.1) is 19.0 Å². The Morgan fingerprint density at radius 1 is 1.58 bits per heavy atom. The Morgan fingerprint density at radius 3 is 3.00 bits per heavy atom. The van der Waals surface area contributed by atoms with E-state index < -0.39 is 17.6 Å². The van der Waals surface area contributed by atoms with Crippen LogP contribution in [0.15, 0.2) is 24.5 Å². The van der Waals surface area contributed by atoms with Crippen molar-refractivity contribution in [2.45, 2.75) is 12.6 Å². The minimum atomic E-state index is -0.777. The van der Waals surface area contributed by atoms with Gasteiger partial charge in [-0.1, -0.05) is 5.21 Å². The van der Waals surface area contributed by atoms with E-state index in [9.17, 15) is 14.5 Å². The Hall–Kier alpha value is -2.29. The molecule has 2 rings (SSSR count). The number of aromatic nitrogens is 4. The van der Waals surface area contributed by atoms with E-state index in [-0.39, 0.29) is 19.0 Å². The van der Waals surface area contributed by atoms with Crippen molar-refractivity contribution < 1.29 is 14.4 Å². The van der Waals surface area contributed by atoms with Gasteiger partial charge in [0.1, 0.15) is 25.0 Å². The SMILES string of the molecule is O=[N+]([O-])c1cccn1Cc1cn(C(CO)CF)nn1. The van der Waals surface area contributed by atoms with E-state index in [4.69, 9.17) is 5.11 Å². The van der Waals surface area contributed by atoms with Gasteiger partial charge in [-0.2, -0.15) is 0 Å². The van der Waals surface area contributed by atoms with Crippen LogP contribution in [0.5, 0.6) is 0 Å². The Morgan fingerprint density at radius 2 is 2.37 bits per heavy atom. The molecule has 0 fully saturated rings. The van der Waals surface area contributed by atoms with Gasteiger partial charge in [-0.3, -0.25) is 0 Å². The molecule has 0 radical (unpaired) electrons. The van der Waals surface area contributed by atoms with Crippen LogP contribution in [0.4, 0.5) is 10.2 Å². The average molecular weight is 269 g/mol. The van der Waals surface area contributed by atoms with Crippen molar-refractivity contribution in [1.29, 1.82) is 0 Å². The van der Waals surface area contributed by atoms with Crippen molar-refractivity contribution in [2.75, 3.05) is 13.3 Å². The summed E-state index contributed by atoms with van der Waals surface area (Å²) in [4.78, 5) is 10.2. The first-order valence-corrected chi connectivity index (χ1v) is 5.52. The van der Waals surface area contributed by atoms with E-state index in [1.165, 1.54) is 21.5 Å². The van der Waals surface area contributed by atoms with E-state index in [2.05, 4.69) is 10.3 Å². The first kappa shape index (κ1) is 13.1. The zero-order valence-corrected chi connectivity index (χ0v) is 9.89. The van der Waals surface area contributed by atoms with Crippen molar-refractivity contribution in [3.63, 3.8) is 0 Å². The van der Waals surface area contributed by atoms with Crippen LogP contribution in [-0.2, 0) is 6.54 Å². The van der Waals surface area contributed by atoms with E-state index in [0.717, 1.165) is 0 Å². The fourth-order valence-corrected chi connectivity index (χ4v) is 1.65. The number of hydrogen-bond acceptors (Lipinski definition) is 5. The molecule has 0 saturated heterocycles. The molecular weight excluding hydrogens is 257 g/mol. The number of nitrogens with zero attached hydrogens (tertiary/aromatic N) is 5.